The number of thiocarbonyl (C=S) groups is 1. The first-order chi connectivity index (χ1) is 9.95. The smallest absolute Gasteiger partial charge is 0.251 e. The maximum absolute atomic E-state index is 12.2. The Morgan fingerprint density at radius 3 is 2.71 bits per heavy atom. The zero-order valence-corrected chi connectivity index (χ0v) is 14.6. The first-order valence-electron chi connectivity index (χ1n) is 6.72. The van der Waals surface area contributed by atoms with E-state index in [9.17, 15) is 4.79 Å². The highest BCUT2D eigenvalue weighted by molar-refractivity contribution is 9.10. The lowest BCUT2D eigenvalue weighted by Crippen LogP contribution is -2.46. The number of carbonyl (C=O) groups excluding carboxylic acids is 1. The molecule has 0 radical (unpaired) electrons. The molecule has 0 aromatic heterocycles. The summed E-state index contributed by atoms with van der Waals surface area (Å²) in [6, 6.07) is 5.37. The highest BCUT2D eigenvalue weighted by atomic mass is 79.9. The molecule has 1 saturated heterocycles. The van der Waals surface area contributed by atoms with E-state index in [0.29, 0.717) is 22.1 Å². The van der Waals surface area contributed by atoms with Crippen molar-refractivity contribution in [3.8, 4) is 0 Å². The molecule has 2 rings (SSSR count). The van der Waals surface area contributed by atoms with Gasteiger partial charge in [-0.2, -0.15) is 0 Å². The molecule has 1 aromatic rings. The van der Waals surface area contributed by atoms with E-state index in [2.05, 4.69) is 26.1 Å². The quantitative estimate of drug-likeness (QED) is 0.776. The van der Waals surface area contributed by atoms with Crippen molar-refractivity contribution in [1.82, 2.24) is 10.2 Å². The average molecular weight is 391 g/mol. The Hall–Kier alpha value is -0.690. The van der Waals surface area contributed by atoms with Crippen molar-refractivity contribution in [3.63, 3.8) is 0 Å². The first kappa shape index (κ1) is 16.7. The van der Waals surface area contributed by atoms with Crippen molar-refractivity contribution in [2.24, 2.45) is 5.73 Å². The normalized spacial score (nSPS) is 16.7. The van der Waals surface area contributed by atoms with Gasteiger partial charge in [0.05, 0.1) is 10.0 Å². The number of carbonyl (C=O) groups is 1. The van der Waals surface area contributed by atoms with E-state index in [1.807, 2.05) is 0 Å². The van der Waals surface area contributed by atoms with Gasteiger partial charge in [0.25, 0.3) is 5.91 Å². The van der Waals surface area contributed by atoms with Crippen LogP contribution in [-0.2, 0) is 0 Å². The van der Waals surface area contributed by atoms with E-state index in [4.69, 9.17) is 29.6 Å². The standard InChI is InChI=1S/C14H17BrClN3OS/c15-11-7-9(1-2-12(11)16)14(20)18-10-3-5-19(6-4-10)8-13(17)21/h1-2,7,10H,3-6,8H2,(H2,17,21)(H,18,20). The third-order valence-electron chi connectivity index (χ3n) is 3.48. The second-order valence-corrected chi connectivity index (χ2v) is 6.90. The van der Waals surface area contributed by atoms with Crippen LogP contribution >= 0.6 is 39.7 Å². The monoisotopic (exact) mass is 389 g/mol. The predicted octanol–water partition coefficient (Wildman–Crippen LogP) is 2.58. The third kappa shape index (κ3) is 4.92. The fourth-order valence-corrected chi connectivity index (χ4v) is 3.04. The van der Waals surface area contributed by atoms with Crippen LogP contribution in [0, 0.1) is 0 Å². The fraction of sp³-hybridized carbons (Fsp3) is 0.429. The molecule has 0 saturated carbocycles. The SMILES string of the molecule is NC(=S)CN1CCC(NC(=O)c2ccc(Cl)c(Br)c2)CC1. The van der Waals surface area contributed by atoms with Crippen LogP contribution in [0.25, 0.3) is 0 Å². The Morgan fingerprint density at radius 2 is 2.14 bits per heavy atom. The van der Waals surface area contributed by atoms with Crippen LogP contribution in [0.15, 0.2) is 22.7 Å². The Labute approximate surface area is 143 Å². The van der Waals surface area contributed by atoms with Gasteiger partial charge in [-0.1, -0.05) is 23.8 Å². The second kappa shape index (κ2) is 7.54. The molecule has 0 unspecified atom stereocenters. The predicted molar refractivity (Wildman–Crippen MR) is 92.9 cm³/mol. The van der Waals surface area contributed by atoms with Gasteiger partial charge in [0.15, 0.2) is 0 Å². The number of nitrogens with two attached hydrogens (primary N) is 1. The molecular weight excluding hydrogens is 374 g/mol. The lowest BCUT2D eigenvalue weighted by atomic mass is 10.0. The molecule has 1 aliphatic rings. The summed E-state index contributed by atoms with van der Waals surface area (Å²) in [5, 5.41) is 3.66. The van der Waals surface area contributed by atoms with Gasteiger partial charge in [-0.05, 0) is 47.0 Å². The molecule has 1 amide bonds. The maximum atomic E-state index is 12.2. The van der Waals surface area contributed by atoms with Crippen LogP contribution in [0.4, 0.5) is 0 Å². The van der Waals surface area contributed by atoms with E-state index in [0.717, 1.165) is 30.4 Å². The molecule has 4 nitrogen and oxygen atoms in total. The number of amides is 1. The largest absolute Gasteiger partial charge is 0.392 e. The van der Waals surface area contributed by atoms with Crippen molar-refractivity contribution >= 4 is 50.6 Å². The first-order valence-corrected chi connectivity index (χ1v) is 8.30. The Bertz CT molecular complexity index is 547. The van der Waals surface area contributed by atoms with Crippen LogP contribution in [0.5, 0.6) is 0 Å². The molecule has 21 heavy (non-hydrogen) atoms. The van der Waals surface area contributed by atoms with Crippen molar-refractivity contribution < 1.29 is 4.79 Å². The zero-order chi connectivity index (χ0) is 15.4. The van der Waals surface area contributed by atoms with Gasteiger partial charge in [-0.3, -0.25) is 9.69 Å². The molecule has 0 atom stereocenters. The number of nitrogens with zero attached hydrogens (tertiary/aromatic N) is 1. The Kier molecular flexibility index (Phi) is 5.98. The average Bonchev–Trinajstić information content (AvgIpc) is 2.43. The van der Waals surface area contributed by atoms with E-state index >= 15 is 0 Å². The highest BCUT2D eigenvalue weighted by Crippen LogP contribution is 2.23. The summed E-state index contributed by atoms with van der Waals surface area (Å²) in [4.78, 5) is 14.9. The Morgan fingerprint density at radius 1 is 1.48 bits per heavy atom. The Balaban J connectivity index is 1.86. The van der Waals surface area contributed by atoms with Crippen LogP contribution in [0.1, 0.15) is 23.2 Å². The molecule has 0 spiro atoms. The lowest BCUT2D eigenvalue weighted by molar-refractivity contribution is 0.0915. The van der Waals surface area contributed by atoms with Crippen LogP contribution in [-0.4, -0.2) is 41.5 Å². The molecule has 114 valence electrons. The molecule has 1 aromatic carbocycles. The number of benzene rings is 1. The second-order valence-electron chi connectivity index (χ2n) is 5.12. The van der Waals surface area contributed by atoms with Gasteiger partial charge in [0, 0.05) is 35.7 Å². The van der Waals surface area contributed by atoms with E-state index in [-0.39, 0.29) is 11.9 Å². The number of halogens is 2. The van der Waals surface area contributed by atoms with Crippen molar-refractivity contribution in [2.75, 3.05) is 19.6 Å². The minimum absolute atomic E-state index is 0.0693. The minimum Gasteiger partial charge on any atom is -0.392 e. The molecule has 1 heterocycles. The number of rotatable bonds is 4. The fourth-order valence-electron chi connectivity index (χ4n) is 2.36. The van der Waals surface area contributed by atoms with Crippen LogP contribution < -0.4 is 11.1 Å². The minimum atomic E-state index is -0.0693. The summed E-state index contributed by atoms with van der Waals surface area (Å²) < 4.78 is 0.725. The van der Waals surface area contributed by atoms with Gasteiger partial charge in [0.1, 0.15) is 0 Å². The van der Waals surface area contributed by atoms with Gasteiger partial charge < -0.3 is 11.1 Å². The molecule has 1 fully saturated rings. The number of hydrogen-bond donors (Lipinski definition) is 2. The van der Waals surface area contributed by atoms with E-state index in [1.165, 1.54) is 0 Å². The molecule has 7 heteroatoms. The van der Waals surface area contributed by atoms with Gasteiger partial charge >= 0.3 is 0 Å². The summed E-state index contributed by atoms with van der Waals surface area (Å²) in [6.07, 6.45) is 1.81. The summed E-state index contributed by atoms with van der Waals surface area (Å²) >= 11 is 14.2. The third-order valence-corrected chi connectivity index (χ3v) is 4.83. The number of piperidine rings is 1. The van der Waals surface area contributed by atoms with E-state index in [1.54, 1.807) is 18.2 Å². The summed E-state index contributed by atoms with van der Waals surface area (Å²) in [5.74, 6) is -0.0693. The lowest BCUT2D eigenvalue weighted by Gasteiger charge is -2.31. The van der Waals surface area contributed by atoms with Crippen molar-refractivity contribution in [2.45, 2.75) is 18.9 Å². The topological polar surface area (TPSA) is 58.4 Å². The van der Waals surface area contributed by atoms with Crippen LogP contribution in [0.3, 0.4) is 0 Å². The summed E-state index contributed by atoms with van der Waals surface area (Å²) in [6.45, 7) is 2.44. The van der Waals surface area contributed by atoms with Crippen molar-refractivity contribution in [3.05, 3.63) is 33.3 Å². The zero-order valence-electron chi connectivity index (χ0n) is 11.4. The highest BCUT2D eigenvalue weighted by Gasteiger charge is 2.21. The molecular formula is C14H17BrClN3OS. The molecule has 0 bridgehead atoms. The van der Waals surface area contributed by atoms with Gasteiger partial charge in [-0.15, -0.1) is 0 Å². The maximum Gasteiger partial charge on any atom is 0.251 e. The van der Waals surface area contributed by atoms with E-state index < -0.39 is 0 Å². The van der Waals surface area contributed by atoms with Crippen molar-refractivity contribution in [1.29, 1.82) is 0 Å². The molecule has 3 N–H and O–H groups in total. The summed E-state index contributed by atoms with van der Waals surface area (Å²) in [7, 11) is 0. The number of likely N-dealkylation sites (tertiary alicyclic amines) is 1. The molecule has 0 aliphatic carbocycles. The number of nitrogens with one attached hydrogen (secondary N) is 1. The van der Waals surface area contributed by atoms with Gasteiger partial charge in [0.2, 0.25) is 0 Å². The van der Waals surface area contributed by atoms with Crippen LogP contribution in [0.2, 0.25) is 5.02 Å². The molecule has 1 aliphatic heterocycles. The van der Waals surface area contributed by atoms with Gasteiger partial charge in [-0.25, -0.2) is 0 Å². The number of hydrogen-bond acceptors (Lipinski definition) is 3. The summed E-state index contributed by atoms with van der Waals surface area (Å²) in [5.41, 5.74) is 6.15.